The van der Waals surface area contributed by atoms with E-state index in [1.807, 2.05) is 0 Å². The van der Waals surface area contributed by atoms with Gasteiger partial charge in [-0.15, -0.1) is 10.2 Å². The van der Waals surface area contributed by atoms with Crippen molar-refractivity contribution in [2.24, 2.45) is 5.73 Å². The Kier molecular flexibility index (Phi) is 3.91. The molecule has 0 atom stereocenters. The van der Waals surface area contributed by atoms with Gasteiger partial charge in [-0.2, -0.15) is 13.2 Å². The molecule has 106 valence electrons. The van der Waals surface area contributed by atoms with Crippen LogP contribution in [0.2, 0.25) is 0 Å². The smallest absolute Gasteiger partial charge is 0.381 e. The third-order valence-corrected chi connectivity index (χ3v) is 3.19. The van der Waals surface area contributed by atoms with Crippen molar-refractivity contribution < 1.29 is 17.9 Å². The van der Waals surface area contributed by atoms with E-state index < -0.39 is 11.9 Å². The maximum Gasteiger partial charge on any atom is 0.435 e. The lowest BCUT2D eigenvalue weighted by atomic mass is 9.90. The van der Waals surface area contributed by atoms with Crippen LogP contribution in [0.4, 0.5) is 19.0 Å². The predicted octanol–water partition coefficient (Wildman–Crippen LogP) is 1.42. The number of ether oxygens (including phenoxy) is 1. The molecule has 0 aliphatic carbocycles. The molecule has 1 aromatic heterocycles. The molecule has 0 spiro atoms. The van der Waals surface area contributed by atoms with Crippen LogP contribution >= 0.6 is 0 Å². The molecule has 1 aliphatic heterocycles. The van der Waals surface area contributed by atoms with Crippen LogP contribution in [0, 0.1) is 0 Å². The highest BCUT2D eigenvalue weighted by molar-refractivity contribution is 5.37. The third-order valence-electron chi connectivity index (χ3n) is 3.19. The number of halogens is 3. The molecule has 2 heterocycles. The Morgan fingerprint density at radius 1 is 1.26 bits per heavy atom. The number of hydrogen-bond acceptors (Lipinski definition) is 5. The first kappa shape index (κ1) is 14.0. The van der Waals surface area contributed by atoms with E-state index in [9.17, 15) is 13.2 Å². The molecule has 1 aromatic rings. The number of aromatic nitrogens is 2. The molecular formula is C11H15F3N4O. The van der Waals surface area contributed by atoms with Crippen LogP contribution in [0.5, 0.6) is 0 Å². The summed E-state index contributed by atoms with van der Waals surface area (Å²) in [6, 6.07) is 2.17. The Morgan fingerprint density at radius 3 is 2.42 bits per heavy atom. The molecule has 1 saturated heterocycles. The highest BCUT2D eigenvalue weighted by Crippen LogP contribution is 2.28. The van der Waals surface area contributed by atoms with Gasteiger partial charge < -0.3 is 15.8 Å². The summed E-state index contributed by atoms with van der Waals surface area (Å²) in [7, 11) is 0. The van der Waals surface area contributed by atoms with Crippen LogP contribution in [0.25, 0.3) is 0 Å². The molecular weight excluding hydrogens is 261 g/mol. The van der Waals surface area contributed by atoms with Gasteiger partial charge >= 0.3 is 6.18 Å². The summed E-state index contributed by atoms with van der Waals surface area (Å²) in [5.74, 6) is 0.292. The third kappa shape index (κ3) is 3.32. The molecule has 3 N–H and O–H groups in total. The Bertz CT molecular complexity index is 415. The zero-order valence-electron chi connectivity index (χ0n) is 10.2. The van der Waals surface area contributed by atoms with Crippen molar-refractivity contribution in [2.75, 3.05) is 25.1 Å². The standard InChI is InChI=1S/C11H15F3N4O/c12-11(13,14)8-1-2-9(18-17-8)16-10(7-15)3-5-19-6-4-10/h1-2H,3-7,15H2,(H,16,18). The zero-order valence-corrected chi connectivity index (χ0v) is 10.2. The topological polar surface area (TPSA) is 73.1 Å². The lowest BCUT2D eigenvalue weighted by Crippen LogP contribution is -2.49. The number of hydrogen-bond donors (Lipinski definition) is 2. The van der Waals surface area contributed by atoms with Gasteiger partial charge in [0.2, 0.25) is 0 Å². The Hall–Kier alpha value is -1.41. The summed E-state index contributed by atoms with van der Waals surface area (Å²) in [6.45, 7) is 1.50. The second-order valence-electron chi connectivity index (χ2n) is 4.52. The molecule has 0 radical (unpaired) electrons. The number of nitrogens with zero attached hydrogens (tertiary/aromatic N) is 2. The monoisotopic (exact) mass is 276 g/mol. The van der Waals surface area contributed by atoms with E-state index in [1.54, 1.807) is 0 Å². The molecule has 0 aromatic carbocycles. The molecule has 2 rings (SSSR count). The predicted molar refractivity (Wildman–Crippen MR) is 62.5 cm³/mol. The summed E-state index contributed by atoms with van der Waals surface area (Å²) in [5, 5.41) is 9.80. The molecule has 0 unspecified atom stereocenters. The molecule has 5 nitrogen and oxygen atoms in total. The van der Waals surface area contributed by atoms with Crippen molar-refractivity contribution in [1.82, 2.24) is 10.2 Å². The van der Waals surface area contributed by atoms with Gasteiger partial charge in [-0.3, -0.25) is 0 Å². The van der Waals surface area contributed by atoms with Crippen LogP contribution in [0.15, 0.2) is 12.1 Å². The van der Waals surface area contributed by atoms with Gasteiger partial charge in [-0.05, 0) is 25.0 Å². The fourth-order valence-corrected chi connectivity index (χ4v) is 1.96. The molecule has 8 heteroatoms. The Morgan fingerprint density at radius 2 is 1.95 bits per heavy atom. The molecule has 0 saturated carbocycles. The van der Waals surface area contributed by atoms with Crippen molar-refractivity contribution in [3.8, 4) is 0 Å². The van der Waals surface area contributed by atoms with E-state index in [2.05, 4.69) is 15.5 Å². The first-order valence-electron chi connectivity index (χ1n) is 5.92. The summed E-state index contributed by atoms with van der Waals surface area (Å²) in [4.78, 5) is 0. The SMILES string of the molecule is NCC1(Nc2ccc(C(F)(F)F)nn2)CCOCC1. The van der Waals surface area contributed by atoms with Gasteiger partial charge in [0.15, 0.2) is 5.69 Å². The van der Waals surface area contributed by atoms with Crippen LogP contribution < -0.4 is 11.1 Å². The minimum atomic E-state index is -4.48. The minimum absolute atomic E-state index is 0.292. The van der Waals surface area contributed by atoms with Crippen molar-refractivity contribution in [3.05, 3.63) is 17.8 Å². The average molecular weight is 276 g/mol. The number of nitrogens with two attached hydrogens (primary N) is 1. The van der Waals surface area contributed by atoms with Crippen LogP contribution in [-0.4, -0.2) is 35.5 Å². The average Bonchev–Trinajstić information content (AvgIpc) is 2.39. The normalized spacial score (nSPS) is 19.2. The first-order valence-corrected chi connectivity index (χ1v) is 5.92. The van der Waals surface area contributed by atoms with Crippen LogP contribution in [0.1, 0.15) is 18.5 Å². The van der Waals surface area contributed by atoms with E-state index in [1.165, 1.54) is 6.07 Å². The van der Waals surface area contributed by atoms with Gasteiger partial charge in [0.25, 0.3) is 0 Å². The Labute approximate surface area is 108 Å². The number of nitrogens with one attached hydrogen (secondary N) is 1. The molecule has 0 bridgehead atoms. The van der Waals surface area contributed by atoms with Crippen LogP contribution in [-0.2, 0) is 10.9 Å². The molecule has 19 heavy (non-hydrogen) atoms. The highest BCUT2D eigenvalue weighted by Gasteiger charge is 2.34. The maximum absolute atomic E-state index is 12.4. The minimum Gasteiger partial charge on any atom is -0.381 e. The first-order chi connectivity index (χ1) is 8.95. The number of alkyl halides is 3. The summed E-state index contributed by atoms with van der Waals surface area (Å²) >= 11 is 0. The van der Waals surface area contributed by atoms with E-state index in [0.29, 0.717) is 38.4 Å². The van der Waals surface area contributed by atoms with Crippen molar-refractivity contribution in [1.29, 1.82) is 0 Å². The maximum atomic E-state index is 12.4. The lowest BCUT2D eigenvalue weighted by molar-refractivity contribution is -0.141. The molecule has 0 amide bonds. The van der Waals surface area contributed by atoms with Crippen molar-refractivity contribution >= 4 is 5.82 Å². The Balaban J connectivity index is 2.10. The van der Waals surface area contributed by atoms with Gasteiger partial charge in [-0.1, -0.05) is 0 Å². The fourth-order valence-electron chi connectivity index (χ4n) is 1.96. The van der Waals surface area contributed by atoms with Gasteiger partial charge in [0.1, 0.15) is 5.82 Å². The number of rotatable bonds is 3. The quantitative estimate of drug-likeness (QED) is 0.873. The van der Waals surface area contributed by atoms with E-state index in [4.69, 9.17) is 10.5 Å². The van der Waals surface area contributed by atoms with E-state index in [-0.39, 0.29) is 5.54 Å². The van der Waals surface area contributed by atoms with Gasteiger partial charge in [-0.25, -0.2) is 0 Å². The fraction of sp³-hybridized carbons (Fsp3) is 0.636. The van der Waals surface area contributed by atoms with Crippen molar-refractivity contribution in [3.63, 3.8) is 0 Å². The largest absolute Gasteiger partial charge is 0.435 e. The lowest BCUT2D eigenvalue weighted by Gasteiger charge is -2.37. The summed E-state index contributed by atoms with van der Waals surface area (Å²) < 4.78 is 42.3. The highest BCUT2D eigenvalue weighted by atomic mass is 19.4. The second-order valence-corrected chi connectivity index (χ2v) is 4.52. The summed E-state index contributed by atoms with van der Waals surface area (Å²) in [6.07, 6.45) is -3.10. The van der Waals surface area contributed by atoms with Crippen LogP contribution in [0.3, 0.4) is 0 Å². The van der Waals surface area contributed by atoms with Gasteiger partial charge in [0, 0.05) is 19.8 Å². The number of anilines is 1. The van der Waals surface area contributed by atoms with E-state index >= 15 is 0 Å². The molecule has 1 aliphatic rings. The second kappa shape index (κ2) is 5.30. The zero-order chi connectivity index (χ0) is 13.9. The summed E-state index contributed by atoms with van der Waals surface area (Å²) in [5.41, 5.74) is 4.35. The van der Waals surface area contributed by atoms with Gasteiger partial charge in [0.05, 0.1) is 5.54 Å². The van der Waals surface area contributed by atoms with E-state index in [0.717, 1.165) is 6.07 Å². The molecule has 1 fully saturated rings. The van der Waals surface area contributed by atoms with Crippen molar-refractivity contribution in [2.45, 2.75) is 24.6 Å².